The molecule has 0 amide bonds. The predicted molar refractivity (Wildman–Crippen MR) is 62.2 cm³/mol. The van der Waals surface area contributed by atoms with Gasteiger partial charge in [0.1, 0.15) is 5.82 Å². The monoisotopic (exact) mass is 269 g/mol. The number of rotatable bonds is 3. The van der Waals surface area contributed by atoms with Crippen LogP contribution in [0, 0.1) is 12.7 Å². The zero-order valence-electron chi connectivity index (χ0n) is 9.39. The number of carboxylic acids is 1. The molecule has 1 aromatic carbocycles. The van der Waals surface area contributed by atoms with Crippen LogP contribution in [0.5, 0.6) is 0 Å². The molecule has 2 aromatic rings. The number of hydrogen-bond acceptors (Lipinski definition) is 3. The Kier molecular flexibility index (Phi) is 3.29. The fourth-order valence-corrected chi connectivity index (χ4v) is 1.71. The molecule has 1 heterocycles. The Morgan fingerprint density at radius 2 is 2.28 bits per heavy atom. The minimum Gasteiger partial charge on any atom is -0.476 e. The first-order valence-electron chi connectivity index (χ1n) is 5.06. The minimum absolute atomic E-state index is 0.123. The van der Waals surface area contributed by atoms with Gasteiger partial charge in [-0.3, -0.25) is 0 Å². The molecule has 0 spiro atoms. The number of hydrogen-bond donors (Lipinski definition) is 1. The fourth-order valence-electron chi connectivity index (χ4n) is 1.53. The number of carbonyl (C=O) groups is 1. The van der Waals surface area contributed by atoms with Crippen LogP contribution in [0.3, 0.4) is 0 Å². The first-order chi connectivity index (χ1) is 8.49. The Labute approximate surface area is 107 Å². The largest absolute Gasteiger partial charge is 0.476 e. The number of benzene rings is 1. The highest BCUT2D eigenvalue weighted by atomic mass is 35.5. The summed E-state index contributed by atoms with van der Waals surface area (Å²) in [6, 6.07) is 3.98. The van der Waals surface area contributed by atoms with Crippen molar-refractivity contribution in [1.29, 1.82) is 0 Å². The number of halogens is 2. The van der Waals surface area contributed by atoms with Crippen molar-refractivity contribution in [2.45, 2.75) is 13.5 Å². The Morgan fingerprint density at radius 3 is 2.89 bits per heavy atom. The molecule has 0 aliphatic rings. The maximum atomic E-state index is 13.1. The molecule has 2 rings (SSSR count). The lowest BCUT2D eigenvalue weighted by Gasteiger charge is -2.05. The maximum Gasteiger partial charge on any atom is 0.358 e. The van der Waals surface area contributed by atoms with Crippen LogP contribution < -0.4 is 0 Å². The first kappa shape index (κ1) is 12.5. The van der Waals surface area contributed by atoms with Crippen LogP contribution in [0.1, 0.15) is 21.7 Å². The summed E-state index contributed by atoms with van der Waals surface area (Å²) >= 11 is 5.92. The molecule has 0 radical (unpaired) electrons. The van der Waals surface area contributed by atoms with E-state index >= 15 is 0 Å². The highest BCUT2D eigenvalue weighted by Gasteiger charge is 2.15. The molecule has 0 saturated carbocycles. The Balaban J connectivity index is 2.34. The van der Waals surface area contributed by atoms with Gasteiger partial charge in [0.15, 0.2) is 5.69 Å². The van der Waals surface area contributed by atoms with Gasteiger partial charge < -0.3 is 5.11 Å². The Bertz CT molecular complexity index is 612. The van der Waals surface area contributed by atoms with Crippen molar-refractivity contribution < 1.29 is 14.3 Å². The summed E-state index contributed by atoms with van der Waals surface area (Å²) in [5.41, 5.74) is 0.784. The molecule has 0 unspecified atom stereocenters. The lowest BCUT2D eigenvalue weighted by atomic mass is 10.2. The van der Waals surface area contributed by atoms with E-state index < -0.39 is 11.8 Å². The zero-order chi connectivity index (χ0) is 13.3. The van der Waals surface area contributed by atoms with Gasteiger partial charge in [-0.05, 0) is 30.7 Å². The van der Waals surface area contributed by atoms with Gasteiger partial charge in [-0.2, -0.15) is 0 Å². The Morgan fingerprint density at radius 1 is 1.56 bits per heavy atom. The second-order valence-electron chi connectivity index (χ2n) is 3.72. The highest BCUT2D eigenvalue weighted by Crippen LogP contribution is 2.18. The standard InChI is InChI=1S/C11H9ClFN3O2/c1-6-10(11(17)18)14-15-16(6)5-7-4-8(13)2-3-9(7)12/h2-4H,5H2,1H3,(H,17,18). The summed E-state index contributed by atoms with van der Waals surface area (Å²) in [7, 11) is 0. The SMILES string of the molecule is Cc1c(C(=O)O)nnn1Cc1cc(F)ccc1Cl. The molecule has 0 atom stereocenters. The smallest absolute Gasteiger partial charge is 0.358 e. The maximum absolute atomic E-state index is 13.1. The topological polar surface area (TPSA) is 68.0 Å². The second kappa shape index (κ2) is 4.73. The van der Waals surface area contributed by atoms with Crippen LogP contribution in [-0.2, 0) is 6.54 Å². The first-order valence-corrected chi connectivity index (χ1v) is 5.44. The van der Waals surface area contributed by atoms with E-state index in [0.29, 0.717) is 16.3 Å². The summed E-state index contributed by atoms with van der Waals surface area (Å²) in [6.45, 7) is 1.75. The number of carboxylic acid groups (broad SMARTS) is 1. The van der Waals surface area contributed by atoms with Gasteiger partial charge in [-0.15, -0.1) is 5.10 Å². The molecule has 5 nitrogen and oxygen atoms in total. The van der Waals surface area contributed by atoms with E-state index in [1.54, 1.807) is 6.92 Å². The summed E-state index contributed by atoms with van der Waals surface area (Å²) in [4.78, 5) is 10.8. The molecule has 0 aliphatic heterocycles. The summed E-state index contributed by atoms with van der Waals surface area (Å²) in [5, 5.41) is 16.5. The van der Waals surface area contributed by atoms with Crippen molar-refractivity contribution in [2.24, 2.45) is 0 Å². The predicted octanol–water partition coefficient (Wildman–Crippen LogP) is 2.13. The van der Waals surface area contributed by atoms with Gasteiger partial charge in [-0.1, -0.05) is 16.8 Å². The van der Waals surface area contributed by atoms with Crippen molar-refractivity contribution in [1.82, 2.24) is 15.0 Å². The van der Waals surface area contributed by atoms with Gasteiger partial charge in [0.2, 0.25) is 0 Å². The summed E-state index contributed by atoms with van der Waals surface area (Å²) < 4.78 is 14.5. The molecule has 0 bridgehead atoms. The van der Waals surface area contributed by atoms with Crippen molar-refractivity contribution in [2.75, 3.05) is 0 Å². The number of aromatic carboxylic acids is 1. The molecular formula is C11H9ClFN3O2. The van der Waals surface area contributed by atoms with Crippen LogP contribution in [0.2, 0.25) is 5.02 Å². The van der Waals surface area contributed by atoms with Crippen LogP contribution in [0.15, 0.2) is 18.2 Å². The number of nitrogens with zero attached hydrogens (tertiary/aromatic N) is 3. The number of aromatic nitrogens is 3. The normalized spacial score (nSPS) is 10.6. The molecule has 0 aliphatic carbocycles. The molecule has 94 valence electrons. The van der Waals surface area contributed by atoms with Gasteiger partial charge in [0.25, 0.3) is 0 Å². The molecule has 1 N–H and O–H groups in total. The van der Waals surface area contributed by atoms with E-state index in [9.17, 15) is 9.18 Å². The molecule has 1 aromatic heterocycles. The van der Waals surface area contributed by atoms with Crippen LogP contribution >= 0.6 is 11.6 Å². The lowest BCUT2D eigenvalue weighted by molar-refractivity contribution is 0.0689. The van der Waals surface area contributed by atoms with Crippen molar-refractivity contribution in [3.8, 4) is 0 Å². The lowest BCUT2D eigenvalue weighted by Crippen LogP contribution is -2.06. The molecule has 18 heavy (non-hydrogen) atoms. The molecule has 0 saturated heterocycles. The minimum atomic E-state index is -1.15. The molecule has 7 heteroatoms. The zero-order valence-corrected chi connectivity index (χ0v) is 10.1. The van der Waals surface area contributed by atoms with E-state index in [1.807, 2.05) is 0 Å². The van der Waals surface area contributed by atoms with Gasteiger partial charge in [0, 0.05) is 5.02 Å². The van der Waals surface area contributed by atoms with E-state index in [0.717, 1.165) is 0 Å². The van der Waals surface area contributed by atoms with Crippen LogP contribution in [0.25, 0.3) is 0 Å². The summed E-state index contributed by atoms with van der Waals surface area (Å²) in [5.74, 6) is -1.56. The van der Waals surface area contributed by atoms with E-state index in [4.69, 9.17) is 16.7 Å². The third kappa shape index (κ3) is 2.33. The van der Waals surface area contributed by atoms with Gasteiger partial charge in [-0.25, -0.2) is 13.9 Å². The van der Waals surface area contributed by atoms with Crippen molar-refractivity contribution in [3.05, 3.63) is 46.0 Å². The fraction of sp³-hybridized carbons (Fsp3) is 0.182. The van der Waals surface area contributed by atoms with Gasteiger partial charge in [0.05, 0.1) is 12.2 Å². The highest BCUT2D eigenvalue weighted by molar-refractivity contribution is 6.31. The average molecular weight is 270 g/mol. The third-order valence-electron chi connectivity index (χ3n) is 2.51. The van der Waals surface area contributed by atoms with E-state index in [1.165, 1.54) is 22.9 Å². The van der Waals surface area contributed by atoms with Crippen LogP contribution in [0.4, 0.5) is 4.39 Å². The second-order valence-corrected chi connectivity index (χ2v) is 4.13. The van der Waals surface area contributed by atoms with Crippen molar-refractivity contribution in [3.63, 3.8) is 0 Å². The average Bonchev–Trinajstić information content (AvgIpc) is 2.66. The third-order valence-corrected chi connectivity index (χ3v) is 2.88. The summed E-state index contributed by atoms with van der Waals surface area (Å²) in [6.07, 6.45) is 0. The van der Waals surface area contributed by atoms with E-state index in [-0.39, 0.29) is 12.2 Å². The molecular weight excluding hydrogens is 261 g/mol. The Hall–Kier alpha value is -1.95. The van der Waals surface area contributed by atoms with Gasteiger partial charge >= 0.3 is 5.97 Å². The van der Waals surface area contributed by atoms with Crippen LogP contribution in [-0.4, -0.2) is 26.1 Å². The molecule has 0 fully saturated rings. The van der Waals surface area contributed by atoms with E-state index in [2.05, 4.69) is 10.3 Å². The van der Waals surface area contributed by atoms with Crippen molar-refractivity contribution >= 4 is 17.6 Å². The quantitative estimate of drug-likeness (QED) is 0.927.